The van der Waals surface area contributed by atoms with Gasteiger partial charge in [-0.05, 0) is 37.5 Å². The number of nitrogens with zero attached hydrogens (tertiary/aromatic N) is 2. The summed E-state index contributed by atoms with van der Waals surface area (Å²) in [5.41, 5.74) is 2.14. The molecule has 144 valence electrons. The van der Waals surface area contributed by atoms with Crippen molar-refractivity contribution in [2.45, 2.75) is 43.4 Å². The van der Waals surface area contributed by atoms with Crippen molar-refractivity contribution in [1.29, 1.82) is 0 Å². The molecule has 3 heterocycles. The van der Waals surface area contributed by atoms with Crippen LogP contribution in [0, 0.1) is 0 Å². The molecule has 1 fully saturated rings. The molecular formula is C18H22N4O4S. The molecule has 0 bridgehead atoms. The van der Waals surface area contributed by atoms with Crippen LogP contribution in [0.15, 0.2) is 35.5 Å². The first-order valence-corrected chi connectivity index (χ1v) is 10.5. The van der Waals surface area contributed by atoms with Crippen LogP contribution in [0.1, 0.15) is 40.9 Å². The zero-order valence-corrected chi connectivity index (χ0v) is 15.8. The third-order valence-corrected chi connectivity index (χ3v) is 6.51. The lowest BCUT2D eigenvalue weighted by Gasteiger charge is -2.20. The molecule has 1 aromatic carbocycles. The van der Waals surface area contributed by atoms with Gasteiger partial charge in [0.05, 0.1) is 17.1 Å². The Morgan fingerprint density at radius 2 is 2.26 bits per heavy atom. The number of ether oxygens (including phenoxy) is 1. The van der Waals surface area contributed by atoms with E-state index in [0.29, 0.717) is 31.6 Å². The lowest BCUT2D eigenvalue weighted by atomic mass is 10.0. The van der Waals surface area contributed by atoms with Crippen LogP contribution in [0.3, 0.4) is 0 Å². The fourth-order valence-corrected chi connectivity index (χ4v) is 4.86. The number of benzene rings is 1. The van der Waals surface area contributed by atoms with Crippen molar-refractivity contribution in [3.63, 3.8) is 0 Å². The topological polar surface area (TPSA) is 102 Å². The summed E-state index contributed by atoms with van der Waals surface area (Å²) in [7, 11) is -3.78. The van der Waals surface area contributed by atoms with E-state index in [0.717, 1.165) is 17.7 Å². The number of amides is 1. The highest BCUT2D eigenvalue weighted by atomic mass is 32.2. The number of hydrogen-bond donors (Lipinski definition) is 2. The van der Waals surface area contributed by atoms with Gasteiger partial charge in [-0.25, -0.2) is 13.1 Å². The fourth-order valence-electron chi connectivity index (χ4n) is 3.56. The summed E-state index contributed by atoms with van der Waals surface area (Å²) >= 11 is 0. The number of fused-ring (bicyclic) bond motifs is 1. The molecule has 1 amide bonds. The van der Waals surface area contributed by atoms with Crippen molar-refractivity contribution in [1.82, 2.24) is 19.8 Å². The number of rotatable bonds is 5. The molecule has 9 heteroatoms. The number of aryl methyl sites for hydroxylation is 1. The van der Waals surface area contributed by atoms with E-state index in [4.69, 9.17) is 4.74 Å². The van der Waals surface area contributed by atoms with E-state index in [1.54, 1.807) is 23.0 Å². The molecule has 2 N–H and O–H groups in total. The zero-order valence-electron chi connectivity index (χ0n) is 15.0. The number of aromatic nitrogens is 2. The lowest BCUT2D eigenvalue weighted by Crippen LogP contribution is -2.37. The lowest BCUT2D eigenvalue weighted by molar-refractivity contribution is 0.0945. The second kappa shape index (κ2) is 7.06. The summed E-state index contributed by atoms with van der Waals surface area (Å²) in [6.07, 6.45) is 4.49. The molecule has 8 nitrogen and oxygen atoms in total. The van der Waals surface area contributed by atoms with Gasteiger partial charge < -0.3 is 10.1 Å². The van der Waals surface area contributed by atoms with Gasteiger partial charge in [0.1, 0.15) is 6.10 Å². The maximum Gasteiger partial charge on any atom is 0.251 e. The summed E-state index contributed by atoms with van der Waals surface area (Å²) in [5.74, 6) is -0.234. The van der Waals surface area contributed by atoms with Crippen molar-refractivity contribution < 1.29 is 17.9 Å². The molecule has 0 saturated carbocycles. The second-order valence-electron chi connectivity index (χ2n) is 6.76. The molecule has 2 aromatic rings. The van der Waals surface area contributed by atoms with Crippen LogP contribution in [0.2, 0.25) is 0 Å². The van der Waals surface area contributed by atoms with Crippen molar-refractivity contribution in [2.24, 2.45) is 0 Å². The second-order valence-corrected chi connectivity index (χ2v) is 8.48. The third-order valence-electron chi connectivity index (χ3n) is 5.02. The van der Waals surface area contributed by atoms with Crippen LogP contribution >= 0.6 is 0 Å². The molecule has 1 aromatic heterocycles. The maximum atomic E-state index is 12.9. The minimum absolute atomic E-state index is 0.0909. The van der Waals surface area contributed by atoms with E-state index in [-0.39, 0.29) is 22.9 Å². The van der Waals surface area contributed by atoms with Gasteiger partial charge in [0.25, 0.3) is 5.91 Å². The van der Waals surface area contributed by atoms with Crippen LogP contribution in [0.25, 0.3) is 0 Å². The van der Waals surface area contributed by atoms with Gasteiger partial charge in [0, 0.05) is 37.0 Å². The number of carbonyl (C=O) groups excluding carboxylic acids is 1. The molecule has 0 spiro atoms. The van der Waals surface area contributed by atoms with Crippen LogP contribution in [0.5, 0.6) is 0 Å². The van der Waals surface area contributed by atoms with Crippen LogP contribution in [-0.2, 0) is 27.7 Å². The molecule has 0 aliphatic carbocycles. The Bertz CT molecular complexity index is 969. The fraction of sp³-hybridized carbons (Fsp3) is 0.444. The van der Waals surface area contributed by atoms with Crippen LogP contribution in [0.4, 0.5) is 0 Å². The van der Waals surface area contributed by atoms with Crippen molar-refractivity contribution in [3.05, 3.63) is 47.3 Å². The minimum atomic E-state index is -3.78. The molecule has 1 saturated heterocycles. The molecule has 0 unspecified atom stereocenters. The monoisotopic (exact) mass is 390 g/mol. The molecule has 2 aliphatic heterocycles. The highest BCUT2D eigenvalue weighted by Crippen LogP contribution is 2.30. The summed E-state index contributed by atoms with van der Waals surface area (Å²) in [5, 5.41) is 6.98. The quantitative estimate of drug-likeness (QED) is 0.793. The Morgan fingerprint density at radius 1 is 1.41 bits per heavy atom. The first-order chi connectivity index (χ1) is 13.0. The minimum Gasteiger partial charge on any atom is -0.372 e. The van der Waals surface area contributed by atoms with E-state index in [9.17, 15) is 13.2 Å². The molecule has 2 aliphatic rings. The van der Waals surface area contributed by atoms with Crippen molar-refractivity contribution in [2.75, 3.05) is 13.2 Å². The Kier molecular flexibility index (Phi) is 4.75. The predicted molar refractivity (Wildman–Crippen MR) is 97.8 cm³/mol. The van der Waals surface area contributed by atoms with Gasteiger partial charge >= 0.3 is 0 Å². The Morgan fingerprint density at radius 3 is 3.04 bits per heavy atom. The smallest absolute Gasteiger partial charge is 0.251 e. The molecular weight excluding hydrogens is 368 g/mol. The predicted octanol–water partition coefficient (Wildman–Crippen LogP) is 0.997. The van der Waals surface area contributed by atoms with E-state index < -0.39 is 10.0 Å². The SMILES string of the molecule is CCn1cc([C@H]2OCC[C@@H]2NS(=O)(=O)c2ccc3c(c2)C(=O)NCC3)cn1. The zero-order chi connectivity index (χ0) is 19.0. The molecule has 4 rings (SSSR count). The first kappa shape index (κ1) is 18.1. The molecule has 2 atom stereocenters. The van der Waals surface area contributed by atoms with Gasteiger partial charge in [0.2, 0.25) is 10.0 Å². The van der Waals surface area contributed by atoms with Gasteiger partial charge in [-0.1, -0.05) is 6.07 Å². The molecule has 0 radical (unpaired) electrons. The third kappa shape index (κ3) is 3.50. The highest BCUT2D eigenvalue weighted by Gasteiger charge is 2.34. The number of hydrogen-bond acceptors (Lipinski definition) is 5. The van der Waals surface area contributed by atoms with Crippen molar-refractivity contribution >= 4 is 15.9 Å². The van der Waals surface area contributed by atoms with Gasteiger partial charge in [0.15, 0.2) is 0 Å². The molecule has 27 heavy (non-hydrogen) atoms. The van der Waals surface area contributed by atoms with Gasteiger partial charge in [-0.3, -0.25) is 9.48 Å². The van der Waals surface area contributed by atoms with Gasteiger partial charge in [-0.2, -0.15) is 5.10 Å². The van der Waals surface area contributed by atoms with Crippen LogP contribution < -0.4 is 10.0 Å². The number of carbonyl (C=O) groups is 1. The summed E-state index contributed by atoms with van der Waals surface area (Å²) in [6, 6.07) is 4.34. The van der Waals surface area contributed by atoms with E-state index in [1.165, 1.54) is 6.07 Å². The Labute approximate surface area is 158 Å². The van der Waals surface area contributed by atoms with Gasteiger partial charge in [-0.15, -0.1) is 0 Å². The summed E-state index contributed by atoms with van der Waals surface area (Å²) < 4.78 is 36.1. The Hall–Kier alpha value is -2.23. The van der Waals surface area contributed by atoms with Crippen LogP contribution in [-0.4, -0.2) is 43.3 Å². The van der Waals surface area contributed by atoms with E-state index >= 15 is 0 Å². The van der Waals surface area contributed by atoms with E-state index in [1.807, 2.05) is 13.1 Å². The van der Waals surface area contributed by atoms with Crippen molar-refractivity contribution in [3.8, 4) is 0 Å². The number of sulfonamides is 1. The average molecular weight is 390 g/mol. The summed E-state index contributed by atoms with van der Waals surface area (Å²) in [6.45, 7) is 3.77. The maximum absolute atomic E-state index is 12.9. The first-order valence-electron chi connectivity index (χ1n) is 9.05. The van der Waals surface area contributed by atoms with E-state index in [2.05, 4.69) is 15.1 Å². The standard InChI is InChI=1S/C18H22N4O4S/c1-2-22-11-13(10-20-22)17-16(6-8-26-17)21-27(24,25)14-4-3-12-5-7-19-18(23)15(12)9-14/h3-4,9-11,16-17,21H,2,5-8H2,1H3,(H,19,23)/t16-,17+/m0/s1. The largest absolute Gasteiger partial charge is 0.372 e. The summed E-state index contributed by atoms with van der Waals surface area (Å²) in [4.78, 5) is 12.1. The Balaban J connectivity index is 1.57. The highest BCUT2D eigenvalue weighted by molar-refractivity contribution is 7.89. The normalized spacial score (nSPS) is 22.5. The average Bonchev–Trinajstić information content (AvgIpc) is 3.30. The number of nitrogens with one attached hydrogen (secondary N) is 2.